The van der Waals surface area contributed by atoms with Gasteiger partial charge in [0.2, 0.25) is 5.91 Å². The number of fused-ring (bicyclic) bond motifs is 3. The number of amides is 1. The lowest BCUT2D eigenvalue weighted by Gasteiger charge is -2.21. The molecule has 0 aromatic carbocycles. The third-order valence-electron chi connectivity index (χ3n) is 5.80. The number of hydrogen-bond acceptors (Lipinski definition) is 4. The van der Waals surface area contributed by atoms with Gasteiger partial charge < -0.3 is 5.32 Å². The van der Waals surface area contributed by atoms with Gasteiger partial charge in [0, 0.05) is 30.6 Å². The number of aryl methyl sites for hydroxylation is 2. The maximum Gasteiger partial charge on any atom is 0.220 e. The highest BCUT2D eigenvalue weighted by atomic mass is 16.1. The van der Waals surface area contributed by atoms with Crippen molar-refractivity contribution in [2.75, 3.05) is 6.54 Å². The van der Waals surface area contributed by atoms with E-state index in [0.29, 0.717) is 24.4 Å². The second-order valence-corrected chi connectivity index (χ2v) is 7.68. The molecular weight excluding hydrogens is 338 g/mol. The third-order valence-corrected chi connectivity index (χ3v) is 5.80. The van der Waals surface area contributed by atoms with E-state index in [0.717, 1.165) is 34.5 Å². The molecule has 0 atom stereocenters. The van der Waals surface area contributed by atoms with Crippen molar-refractivity contribution in [3.63, 3.8) is 0 Å². The number of aromatic nitrogens is 4. The molecule has 3 aromatic heterocycles. The molecule has 6 heteroatoms. The minimum absolute atomic E-state index is 0.131. The van der Waals surface area contributed by atoms with E-state index >= 15 is 0 Å². The van der Waals surface area contributed by atoms with Crippen molar-refractivity contribution in [2.45, 2.75) is 58.8 Å². The summed E-state index contributed by atoms with van der Waals surface area (Å²) >= 11 is 0. The number of nitrogens with one attached hydrogen (secondary N) is 1. The van der Waals surface area contributed by atoms with Gasteiger partial charge in [-0.2, -0.15) is 0 Å². The number of hydrogen-bond donors (Lipinski definition) is 1. The molecule has 3 aromatic rings. The van der Waals surface area contributed by atoms with Gasteiger partial charge in [-0.25, -0.2) is 14.5 Å². The highest BCUT2D eigenvalue weighted by Gasteiger charge is 2.17. The Morgan fingerprint density at radius 1 is 1.26 bits per heavy atom. The van der Waals surface area contributed by atoms with Crippen LogP contribution in [0.3, 0.4) is 0 Å². The maximum atomic E-state index is 12.3. The van der Waals surface area contributed by atoms with Gasteiger partial charge in [-0.1, -0.05) is 19.3 Å². The molecule has 27 heavy (non-hydrogen) atoms. The van der Waals surface area contributed by atoms with Gasteiger partial charge in [0.1, 0.15) is 0 Å². The summed E-state index contributed by atoms with van der Waals surface area (Å²) in [6.45, 7) is 4.88. The molecule has 0 bridgehead atoms. The number of rotatable bonds is 5. The number of carbonyl (C=O) groups excluding carboxylic acids is 1. The van der Waals surface area contributed by atoms with Crippen LogP contribution in [-0.2, 0) is 11.2 Å². The van der Waals surface area contributed by atoms with Gasteiger partial charge in [-0.15, -0.1) is 5.10 Å². The predicted molar refractivity (Wildman–Crippen MR) is 106 cm³/mol. The van der Waals surface area contributed by atoms with E-state index in [-0.39, 0.29) is 5.91 Å². The van der Waals surface area contributed by atoms with Crippen molar-refractivity contribution in [1.29, 1.82) is 0 Å². The first kappa shape index (κ1) is 17.9. The summed E-state index contributed by atoms with van der Waals surface area (Å²) in [6, 6.07) is 3.90. The van der Waals surface area contributed by atoms with E-state index in [4.69, 9.17) is 4.98 Å². The molecule has 1 fully saturated rings. The fourth-order valence-electron chi connectivity index (χ4n) is 4.20. The van der Waals surface area contributed by atoms with Crippen molar-refractivity contribution in [1.82, 2.24) is 24.9 Å². The molecule has 0 radical (unpaired) electrons. The van der Waals surface area contributed by atoms with E-state index in [1.54, 1.807) is 6.20 Å². The van der Waals surface area contributed by atoms with Crippen molar-refractivity contribution in [3.05, 3.63) is 35.3 Å². The molecule has 1 aliphatic rings. The minimum Gasteiger partial charge on any atom is -0.356 e. The third kappa shape index (κ3) is 3.66. The Bertz CT molecular complexity index is 972. The molecule has 1 N–H and O–H groups in total. The van der Waals surface area contributed by atoms with Crippen LogP contribution in [0.5, 0.6) is 0 Å². The van der Waals surface area contributed by atoms with Gasteiger partial charge in [-0.05, 0) is 56.7 Å². The van der Waals surface area contributed by atoms with Crippen LogP contribution in [0.4, 0.5) is 0 Å². The molecule has 3 heterocycles. The van der Waals surface area contributed by atoms with Crippen LogP contribution in [0.25, 0.3) is 16.7 Å². The molecule has 1 amide bonds. The number of nitrogens with zero attached hydrogens (tertiary/aromatic N) is 4. The second-order valence-electron chi connectivity index (χ2n) is 7.68. The van der Waals surface area contributed by atoms with Gasteiger partial charge in [0.15, 0.2) is 11.3 Å². The first-order valence-electron chi connectivity index (χ1n) is 9.99. The van der Waals surface area contributed by atoms with Crippen molar-refractivity contribution in [3.8, 4) is 0 Å². The summed E-state index contributed by atoms with van der Waals surface area (Å²) in [5, 5.41) is 8.67. The van der Waals surface area contributed by atoms with Crippen LogP contribution >= 0.6 is 0 Å². The standard InChI is InChI=1S/C21H27N5O/c1-14-17(10-11-19(27)23-13-16-7-4-3-5-8-16)15(2)26-21(24-14)18-9-6-12-22-20(18)25-26/h6,9,12,16H,3-5,7-8,10-11,13H2,1-2H3,(H,23,27). The highest BCUT2D eigenvalue weighted by Crippen LogP contribution is 2.23. The van der Waals surface area contributed by atoms with Crippen LogP contribution in [0.1, 0.15) is 55.5 Å². The second kappa shape index (κ2) is 7.62. The Morgan fingerprint density at radius 2 is 2.07 bits per heavy atom. The zero-order valence-electron chi connectivity index (χ0n) is 16.2. The van der Waals surface area contributed by atoms with Crippen molar-refractivity contribution < 1.29 is 4.79 Å². The molecule has 0 unspecified atom stereocenters. The van der Waals surface area contributed by atoms with Crippen LogP contribution in [0, 0.1) is 19.8 Å². The average Bonchev–Trinajstić information content (AvgIpc) is 3.06. The molecular formula is C21H27N5O. The number of carbonyl (C=O) groups is 1. The van der Waals surface area contributed by atoms with Gasteiger partial charge in [0.05, 0.1) is 5.39 Å². The molecule has 0 spiro atoms. The quantitative estimate of drug-likeness (QED) is 0.751. The molecule has 0 aliphatic heterocycles. The summed E-state index contributed by atoms with van der Waals surface area (Å²) < 4.78 is 1.86. The van der Waals surface area contributed by atoms with E-state index in [1.165, 1.54) is 32.1 Å². The summed E-state index contributed by atoms with van der Waals surface area (Å²) in [5.74, 6) is 0.792. The van der Waals surface area contributed by atoms with Crippen molar-refractivity contribution in [2.24, 2.45) is 5.92 Å². The van der Waals surface area contributed by atoms with Gasteiger partial charge >= 0.3 is 0 Å². The monoisotopic (exact) mass is 365 g/mol. The molecule has 0 saturated heterocycles. The molecule has 4 rings (SSSR count). The normalized spacial score (nSPS) is 15.5. The molecule has 142 valence electrons. The molecule has 6 nitrogen and oxygen atoms in total. The lowest BCUT2D eigenvalue weighted by Crippen LogP contribution is -2.30. The summed E-state index contributed by atoms with van der Waals surface area (Å²) in [5.41, 5.74) is 4.64. The predicted octanol–water partition coefficient (Wildman–Crippen LogP) is 3.52. The van der Waals surface area contributed by atoms with Crippen LogP contribution in [0.15, 0.2) is 18.3 Å². The smallest absolute Gasteiger partial charge is 0.220 e. The van der Waals surface area contributed by atoms with E-state index in [2.05, 4.69) is 15.4 Å². The Kier molecular flexibility index (Phi) is 5.05. The minimum atomic E-state index is 0.131. The van der Waals surface area contributed by atoms with Gasteiger partial charge in [-0.3, -0.25) is 4.79 Å². The summed E-state index contributed by atoms with van der Waals surface area (Å²) in [7, 11) is 0. The molecule has 1 aliphatic carbocycles. The van der Waals surface area contributed by atoms with E-state index < -0.39 is 0 Å². The Morgan fingerprint density at radius 3 is 2.89 bits per heavy atom. The van der Waals surface area contributed by atoms with Crippen LogP contribution in [0.2, 0.25) is 0 Å². The summed E-state index contributed by atoms with van der Waals surface area (Å²) in [6.07, 6.45) is 9.36. The SMILES string of the molecule is Cc1nc2c3cccnc3nn2c(C)c1CCC(=O)NCC1CCCCC1. The largest absolute Gasteiger partial charge is 0.356 e. The zero-order chi connectivity index (χ0) is 18.8. The average molecular weight is 365 g/mol. The lowest BCUT2D eigenvalue weighted by molar-refractivity contribution is -0.121. The molecule has 1 saturated carbocycles. The summed E-state index contributed by atoms with van der Waals surface area (Å²) in [4.78, 5) is 21.4. The van der Waals surface area contributed by atoms with Crippen LogP contribution < -0.4 is 5.32 Å². The van der Waals surface area contributed by atoms with Gasteiger partial charge in [0.25, 0.3) is 0 Å². The zero-order valence-corrected chi connectivity index (χ0v) is 16.2. The Hall–Kier alpha value is -2.50. The van der Waals surface area contributed by atoms with Crippen molar-refractivity contribution >= 4 is 22.6 Å². The highest BCUT2D eigenvalue weighted by molar-refractivity contribution is 5.89. The first-order chi connectivity index (χ1) is 13.1. The maximum absolute atomic E-state index is 12.3. The first-order valence-corrected chi connectivity index (χ1v) is 9.99. The van der Waals surface area contributed by atoms with Crippen LogP contribution in [-0.4, -0.2) is 32.0 Å². The van der Waals surface area contributed by atoms with E-state index in [9.17, 15) is 4.79 Å². The lowest BCUT2D eigenvalue weighted by atomic mass is 9.89. The topological polar surface area (TPSA) is 72.2 Å². The fraction of sp³-hybridized carbons (Fsp3) is 0.524. The number of pyridine rings is 1. The Balaban J connectivity index is 1.46. The fourth-order valence-corrected chi connectivity index (χ4v) is 4.20. The Labute approximate surface area is 159 Å². The van der Waals surface area contributed by atoms with E-state index in [1.807, 2.05) is 30.5 Å².